The van der Waals surface area contributed by atoms with Crippen molar-refractivity contribution in [2.24, 2.45) is 5.92 Å². The summed E-state index contributed by atoms with van der Waals surface area (Å²) in [6.07, 6.45) is 2.98. The quantitative estimate of drug-likeness (QED) is 0.681. The van der Waals surface area contributed by atoms with Crippen molar-refractivity contribution in [1.82, 2.24) is 0 Å². The molecule has 1 fully saturated rings. The predicted octanol–water partition coefficient (Wildman–Crippen LogP) is 3.47. The summed E-state index contributed by atoms with van der Waals surface area (Å²) in [5, 5.41) is 0. The van der Waals surface area contributed by atoms with Crippen molar-refractivity contribution in [2.75, 3.05) is 0 Å². The number of Topliss-reactive ketones (excluding diaryl/α,β-unsaturated/α-hetero) is 1. The van der Waals surface area contributed by atoms with E-state index in [-0.39, 0.29) is 5.92 Å². The fourth-order valence-corrected chi connectivity index (χ4v) is 2.35. The summed E-state index contributed by atoms with van der Waals surface area (Å²) >= 11 is 0. The summed E-state index contributed by atoms with van der Waals surface area (Å²) in [5.74, 6) is 1.18. The maximum atomic E-state index is 11.9. The fourth-order valence-electron chi connectivity index (χ4n) is 2.35. The zero-order chi connectivity index (χ0) is 10.8. The second-order valence-electron chi connectivity index (χ2n) is 4.82. The lowest BCUT2D eigenvalue weighted by atomic mass is 9.78. The highest BCUT2D eigenvalue weighted by molar-refractivity contribution is 5.86. The molecular weight excluding hydrogens is 184 g/mol. The van der Waals surface area contributed by atoms with E-state index in [0.717, 1.165) is 12.8 Å². The standard InChI is InChI=1S/C14H18O/c1-10-3-6-12(7-4-10)13-8-5-11(2)9-14(13)15/h3-4,6-7,11,13H,5,8-9H2,1-2H3/t11-,13+/m0/s1. The van der Waals surface area contributed by atoms with Crippen molar-refractivity contribution in [3.63, 3.8) is 0 Å². The van der Waals surface area contributed by atoms with Gasteiger partial charge in [-0.25, -0.2) is 0 Å². The second-order valence-corrected chi connectivity index (χ2v) is 4.82. The largest absolute Gasteiger partial charge is 0.299 e. The van der Waals surface area contributed by atoms with E-state index < -0.39 is 0 Å². The highest BCUT2D eigenvalue weighted by atomic mass is 16.1. The topological polar surface area (TPSA) is 17.1 Å². The van der Waals surface area contributed by atoms with Gasteiger partial charge in [-0.15, -0.1) is 0 Å². The molecule has 0 aliphatic heterocycles. The molecule has 1 aliphatic carbocycles. The number of hydrogen-bond donors (Lipinski definition) is 0. The van der Waals surface area contributed by atoms with Crippen LogP contribution >= 0.6 is 0 Å². The van der Waals surface area contributed by atoms with Crippen molar-refractivity contribution in [3.8, 4) is 0 Å². The lowest BCUT2D eigenvalue weighted by Gasteiger charge is -2.25. The molecule has 1 nitrogen and oxygen atoms in total. The van der Waals surface area contributed by atoms with Crippen LogP contribution in [-0.4, -0.2) is 5.78 Å². The molecule has 80 valence electrons. The third-order valence-corrected chi connectivity index (χ3v) is 3.37. The van der Waals surface area contributed by atoms with Gasteiger partial charge in [0, 0.05) is 12.3 Å². The molecule has 2 rings (SSSR count). The molecule has 0 unspecified atom stereocenters. The average Bonchev–Trinajstić information content (AvgIpc) is 2.20. The van der Waals surface area contributed by atoms with Crippen LogP contribution in [0.15, 0.2) is 24.3 Å². The molecule has 0 heterocycles. The van der Waals surface area contributed by atoms with Gasteiger partial charge < -0.3 is 0 Å². The summed E-state index contributed by atoms with van der Waals surface area (Å²) in [5.41, 5.74) is 2.47. The third-order valence-electron chi connectivity index (χ3n) is 3.37. The Morgan fingerprint density at radius 2 is 1.80 bits per heavy atom. The zero-order valence-electron chi connectivity index (χ0n) is 9.49. The molecule has 0 amide bonds. The Balaban J connectivity index is 2.17. The van der Waals surface area contributed by atoms with E-state index in [0.29, 0.717) is 11.7 Å². The average molecular weight is 202 g/mol. The number of ketones is 1. The van der Waals surface area contributed by atoms with Gasteiger partial charge in [0.25, 0.3) is 0 Å². The first kappa shape index (κ1) is 10.4. The SMILES string of the molecule is Cc1ccc([C@H]2CC[C@H](C)CC2=O)cc1. The van der Waals surface area contributed by atoms with Crippen LogP contribution in [0.25, 0.3) is 0 Å². The smallest absolute Gasteiger partial charge is 0.140 e. The van der Waals surface area contributed by atoms with E-state index in [2.05, 4.69) is 38.1 Å². The van der Waals surface area contributed by atoms with Gasteiger partial charge in [0.15, 0.2) is 0 Å². The lowest BCUT2D eigenvalue weighted by molar-refractivity contribution is -0.123. The minimum absolute atomic E-state index is 0.168. The number of benzene rings is 1. The Bertz CT molecular complexity index is 350. The van der Waals surface area contributed by atoms with Gasteiger partial charge in [0.05, 0.1) is 0 Å². The van der Waals surface area contributed by atoms with Crippen LogP contribution in [0.1, 0.15) is 43.2 Å². The van der Waals surface area contributed by atoms with Gasteiger partial charge in [-0.3, -0.25) is 4.79 Å². The van der Waals surface area contributed by atoms with Crippen LogP contribution in [0.4, 0.5) is 0 Å². The number of hydrogen-bond acceptors (Lipinski definition) is 1. The molecule has 1 aliphatic rings. The molecule has 0 bridgehead atoms. The first-order valence-electron chi connectivity index (χ1n) is 5.76. The fraction of sp³-hybridized carbons (Fsp3) is 0.500. The Morgan fingerprint density at radius 1 is 1.13 bits per heavy atom. The number of aryl methyl sites for hydroxylation is 1. The molecule has 0 aromatic heterocycles. The van der Waals surface area contributed by atoms with Gasteiger partial charge in [-0.2, -0.15) is 0 Å². The first-order chi connectivity index (χ1) is 7.16. The number of rotatable bonds is 1. The van der Waals surface area contributed by atoms with Crippen molar-refractivity contribution in [2.45, 2.75) is 39.0 Å². The van der Waals surface area contributed by atoms with E-state index in [9.17, 15) is 4.79 Å². The highest BCUT2D eigenvalue weighted by Gasteiger charge is 2.27. The monoisotopic (exact) mass is 202 g/mol. The minimum Gasteiger partial charge on any atom is -0.299 e. The normalized spacial score (nSPS) is 26.7. The number of carbonyl (C=O) groups excluding carboxylic acids is 1. The maximum Gasteiger partial charge on any atom is 0.140 e. The summed E-state index contributed by atoms with van der Waals surface area (Å²) < 4.78 is 0. The van der Waals surface area contributed by atoms with Crippen LogP contribution in [-0.2, 0) is 4.79 Å². The summed E-state index contributed by atoms with van der Waals surface area (Å²) in [6, 6.07) is 8.41. The molecule has 0 saturated heterocycles. The molecule has 0 N–H and O–H groups in total. The van der Waals surface area contributed by atoms with E-state index in [1.54, 1.807) is 0 Å². The first-order valence-corrected chi connectivity index (χ1v) is 5.76. The Labute approximate surface area is 91.5 Å². The van der Waals surface area contributed by atoms with Crippen LogP contribution in [0, 0.1) is 12.8 Å². The van der Waals surface area contributed by atoms with Crippen molar-refractivity contribution >= 4 is 5.78 Å². The van der Waals surface area contributed by atoms with Crippen molar-refractivity contribution in [3.05, 3.63) is 35.4 Å². The Hall–Kier alpha value is -1.11. The molecule has 15 heavy (non-hydrogen) atoms. The molecule has 0 spiro atoms. The lowest BCUT2D eigenvalue weighted by Crippen LogP contribution is -2.21. The molecule has 1 saturated carbocycles. The van der Waals surface area contributed by atoms with Gasteiger partial charge in [0.1, 0.15) is 5.78 Å². The van der Waals surface area contributed by atoms with E-state index in [1.807, 2.05) is 0 Å². The van der Waals surface area contributed by atoms with Gasteiger partial charge in [0.2, 0.25) is 0 Å². The molecule has 2 atom stereocenters. The van der Waals surface area contributed by atoms with E-state index >= 15 is 0 Å². The molecule has 1 heteroatoms. The Morgan fingerprint density at radius 3 is 2.40 bits per heavy atom. The molecular formula is C14H18O. The summed E-state index contributed by atoms with van der Waals surface area (Å²) in [4.78, 5) is 11.9. The summed E-state index contributed by atoms with van der Waals surface area (Å²) in [7, 11) is 0. The summed E-state index contributed by atoms with van der Waals surface area (Å²) in [6.45, 7) is 4.25. The van der Waals surface area contributed by atoms with Crippen molar-refractivity contribution < 1.29 is 4.79 Å². The third kappa shape index (κ3) is 2.28. The van der Waals surface area contributed by atoms with Gasteiger partial charge in [-0.05, 0) is 31.2 Å². The van der Waals surface area contributed by atoms with Crippen LogP contribution in [0.2, 0.25) is 0 Å². The predicted molar refractivity (Wildman–Crippen MR) is 61.9 cm³/mol. The highest BCUT2D eigenvalue weighted by Crippen LogP contribution is 2.32. The minimum atomic E-state index is 0.168. The maximum absolute atomic E-state index is 11.9. The van der Waals surface area contributed by atoms with E-state index in [4.69, 9.17) is 0 Å². The molecule has 1 aromatic rings. The van der Waals surface area contributed by atoms with E-state index in [1.165, 1.54) is 17.5 Å². The molecule has 1 aromatic carbocycles. The Kier molecular flexibility index (Phi) is 2.90. The molecule has 0 radical (unpaired) electrons. The van der Waals surface area contributed by atoms with Crippen LogP contribution in [0.3, 0.4) is 0 Å². The van der Waals surface area contributed by atoms with Crippen LogP contribution in [0.5, 0.6) is 0 Å². The van der Waals surface area contributed by atoms with Crippen molar-refractivity contribution in [1.29, 1.82) is 0 Å². The zero-order valence-corrected chi connectivity index (χ0v) is 9.49. The van der Waals surface area contributed by atoms with Crippen LogP contribution < -0.4 is 0 Å². The van der Waals surface area contributed by atoms with Gasteiger partial charge in [-0.1, -0.05) is 36.8 Å². The number of carbonyl (C=O) groups is 1. The second kappa shape index (κ2) is 4.18. The van der Waals surface area contributed by atoms with Gasteiger partial charge >= 0.3 is 0 Å².